The number of anilines is 1. The fourth-order valence-corrected chi connectivity index (χ4v) is 3.56. The van der Waals surface area contributed by atoms with Gasteiger partial charge in [0, 0.05) is 30.2 Å². The third-order valence-corrected chi connectivity index (χ3v) is 5.27. The number of aromatic nitrogens is 2. The highest BCUT2D eigenvalue weighted by Crippen LogP contribution is 2.16. The lowest BCUT2D eigenvalue weighted by Gasteiger charge is -2.26. The van der Waals surface area contributed by atoms with Crippen LogP contribution in [0.1, 0.15) is 11.4 Å². The summed E-state index contributed by atoms with van der Waals surface area (Å²) in [5.74, 6) is 0.957. The van der Waals surface area contributed by atoms with Crippen LogP contribution in [-0.4, -0.2) is 26.5 Å². The number of para-hydroxylation sites is 2. The Balaban J connectivity index is 1.49. The minimum atomic E-state index is 0.673. The second kappa shape index (κ2) is 9.07. The minimum Gasteiger partial charge on any atom is -0.344 e. The van der Waals surface area contributed by atoms with Crippen LogP contribution in [0.15, 0.2) is 78.9 Å². The zero-order chi connectivity index (χ0) is 20.1. The van der Waals surface area contributed by atoms with Gasteiger partial charge in [0.1, 0.15) is 5.82 Å². The van der Waals surface area contributed by atoms with Gasteiger partial charge in [-0.25, -0.2) is 4.98 Å². The van der Waals surface area contributed by atoms with Crippen molar-refractivity contribution in [1.82, 2.24) is 14.9 Å². The lowest BCUT2D eigenvalue weighted by molar-refractivity contribution is 0.419. The van der Waals surface area contributed by atoms with Crippen LogP contribution in [0.5, 0.6) is 0 Å². The summed E-state index contributed by atoms with van der Waals surface area (Å²) in [4.78, 5) is 10.2. The Hall–Kier alpha value is -2.89. The summed E-state index contributed by atoms with van der Waals surface area (Å²) in [6, 6.07) is 25.9. The molecule has 4 nitrogen and oxygen atoms in total. The molecule has 0 aliphatic heterocycles. The molecule has 0 radical (unpaired) electrons. The number of hydrogen-bond acceptors (Lipinski definition) is 2. The number of nitrogens with one attached hydrogen (secondary N) is 2. The maximum absolute atomic E-state index is 5.99. The van der Waals surface area contributed by atoms with Crippen LogP contribution in [0.25, 0.3) is 11.0 Å². The van der Waals surface area contributed by atoms with E-state index in [1.54, 1.807) is 0 Å². The predicted molar refractivity (Wildman–Crippen MR) is 124 cm³/mol. The maximum Gasteiger partial charge on any atom is 0.173 e. The van der Waals surface area contributed by atoms with Crippen molar-refractivity contribution >= 4 is 45.7 Å². The Morgan fingerprint density at radius 3 is 2.45 bits per heavy atom. The van der Waals surface area contributed by atoms with Gasteiger partial charge in [0.05, 0.1) is 11.0 Å². The van der Waals surface area contributed by atoms with Gasteiger partial charge >= 0.3 is 0 Å². The third kappa shape index (κ3) is 5.13. The van der Waals surface area contributed by atoms with Crippen molar-refractivity contribution in [3.8, 4) is 0 Å². The molecule has 6 heteroatoms. The van der Waals surface area contributed by atoms with E-state index in [-0.39, 0.29) is 0 Å². The third-order valence-electron chi connectivity index (χ3n) is 4.66. The van der Waals surface area contributed by atoms with Crippen molar-refractivity contribution in [1.29, 1.82) is 0 Å². The van der Waals surface area contributed by atoms with Gasteiger partial charge in [-0.3, -0.25) is 0 Å². The van der Waals surface area contributed by atoms with Crippen LogP contribution in [0.3, 0.4) is 0 Å². The molecule has 1 aromatic heterocycles. The van der Waals surface area contributed by atoms with E-state index in [1.165, 1.54) is 5.56 Å². The van der Waals surface area contributed by atoms with Crippen LogP contribution in [0.4, 0.5) is 5.69 Å². The number of aromatic amines is 1. The molecule has 0 atom stereocenters. The minimum absolute atomic E-state index is 0.673. The van der Waals surface area contributed by atoms with Gasteiger partial charge in [-0.1, -0.05) is 54.1 Å². The Bertz CT molecular complexity index is 1060. The molecule has 29 heavy (non-hydrogen) atoms. The molecular weight excluding hydrogens is 400 g/mol. The van der Waals surface area contributed by atoms with Gasteiger partial charge in [0.25, 0.3) is 0 Å². The topological polar surface area (TPSA) is 44.0 Å². The highest BCUT2D eigenvalue weighted by atomic mass is 35.5. The van der Waals surface area contributed by atoms with Crippen LogP contribution in [0.2, 0.25) is 5.02 Å². The van der Waals surface area contributed by atoms with Crippen LogP contribution >= 0.6 is 23.8 Å². The Labute approximate surface area is 180 Å². The molecule has 0 amide bonds. The Morgan fingerprint density at radius 1 is 0.966 bits per heavy atom. The van der Waals surface area contributed by atoms with Crippen LogP contribution in [-0.2, 0) is 13.0 Å². The molecule has 0 aliphatic carbocycles. The van der Waals surface area contributed by atoms with Gasteiger partial charge in [0.15, 0.2) is 5.11 Å². The van der Waals surface area contributed by atoms with Gasteiger partial charge in [-0.05, 0) is 54.2 Å². The van der Waals surface area contributed by atoms with E-state index in [9.17, 15) is 0 Å². The zero-order valence-corrected chi connectivity index (χ0v) is 17.4. The van der Waals surface area contributed by atoms with Crippen LogP contribution in [0, 0.1) is 0 Å². The number of imidazole rings is 1. The molecule has 0 aliphatic rings. The number of H-pyrrole nitrogens is 1. The summed E-state index contributed by atoms with van der Waals surface area (Å²) < 4.78 is 0. The summed E-state index contributed by atoms with van der Waals surface area (Å²) >= 11 is 11.7. The smallest absolute Gasteiger partial charge is 0.173 e. The number of hydrogen-bond donors (Lipinski definition) is 2. The highest BCUT2D eigenvalue weighted by Gasteiger charge is 2.12. The van der Waals surface area contributed by atoms with E-state index >= 15 is 0 Å². The first-order valence-corrected chi connectivity index (χ1v) is 10.2. The van der Waals surface area contributed by atoms with Gasteiger partial charge < -0.3 is 15.2 Å². The lowest BCUT2D eigenvalue weighted by Crippen LogP contribution is -2.36. The molecule has 4 rings (SSSR count). The van der Waals surface area contributed by atoms with Crippen molar-refractivity contribution in [2.24, 2.45) is 0 Å². The molecule has 0 bridgehead atoms. The summed E-state index contributed by atoms with van der Waals surface area (Å²) in [6.07, 6.45) is 0.768. The van der Waals surface area contributed by atoms with E-state index < -0.39 is 0 Å². The summed E-state index contributed by atoms with van der Waals surface area (Å²) in [6.45, 7) is 1.47. The van der Waals surface area contributed by atoms with E-state index in [2.05, 4.69) is 32.3 Å². The number of nitrogens with zero attached hydrogens (tertiary/aromatic N) is 2. The molecule has 2 N–H and O–H groups in total. The highest BCUT2D eigenvalue weighted by molar-refractivity contribution is 7.80. The first-order chi connectivity index (χ1) is 14.2. The quantitative estimate of drug-likeness (QED) is 0.395. The SMILES string of the molecule is S=C(Nc1ccc(Cl)cc1)N(CCc1nc2ccccc2[nH]1)Cc1ccccc1. The molecule has 0 unspecified atom stereocenters. The van der Waals surface area contributed by atoms with Crippen molar-refractivity contribution in [2.75, 3.05) is 11.9 Å². The van der Waals surface area contributed by atoms with Crippen molar-refractivity contribution in [3.63, 3.8) is 0 Å². The summed E-state index contributed by atoms with van der Waals surface area (Å²) in [7, 11) is 0. The number of rotatable bonds is 6. The molecule has 146 valence electrons. The summed E-state index contributed by atoms with van der Waals surface area (Å²) in [5.41, 5.74) is 4.16. The Kier molecular flexibility index (Phi) is 6.08. The van der Waals surface area contributed by atoms with Gasteiger partial charge in [-0.15, -0.1) is 0 Å². The number of fused-ring (bicyclic) bond motifs is 1. The van der Waals surface area contributed by atoms with E-state index in [0.29, 0.717) is 10.1 Å². The average molecular weight is 421 g/mol. The predicted octanol–water partition coefficient (Wildman–Crippen LogP) is 5.66. The average Bonchev–Trinajstić information content (AvgIpc) is 3.16. The molecule has 1 heterocycles. The van der Waals surface area contributed by atoms with Gasteiger partial charge in [-0.2, -0.15) is 0 Å². The zero-order valence-electron chi connectivity index (χ0n) is 15.8. The first kappa shape index (κ1) is 19.4. The second-order valence-electron chi connectivity index (χ2n) is 6.79. The molecular formula is C23H21ClN4S. The fourth-order valence-electron chi connectivity index (χ4n) is 3.16. The van der Waals surface area contributed by atoms with Gasteiger partial charge in [0.2, 0.25) is 0 Å². The van der Waals surface area contributed by atoms with Crippen molar-refractivity contribution < 1.29 is 0 Å². The van der Waals surface area contributed by atoms with Crippen LogP contribution < -0.4 is 5.32 Å². The van der Waals surface area contributed by atoms with E-state index in [0.717, 1.165) is 42.1 Å². The first-order valence-electron chi connectivity index (χ1n) is 9.46. The largest absolute Gasteiger partial charge is 0.344 e. The number of benzene rings is 3. The Morgan fingerprint density at radius 2 is 1.69 bits per heavy atom. The normalized spacial score (nSPS) is 10.8. The van der Waals surface area contributed by atoms with E-state index in [4.69, 9.17) is 23.8 Å². The molecule has 0 saturated carbocycles. The lowest BCUT2D eigenvalue weighted by atomic mass is 10.2. The molecule has 0 saturated heterocycles. The van der Waals surface area contributed by atoms with E-state index in [1.807, 2.05) is 66.7 Å². The van der Waals surface area contributed by atoms with Crippen molar-refractivity contribution in [3.05, 3.63) is 95.3 Å². The molecule has 0 fully saturated rings. The number of thiocarbonyl (C=S) groups is 1. The van der Waals surface area contributed by atoms with Crippen molar-refractivity contribution in [2.45, 2.75) is 13.0 Å². The second-order valence-corrected chi connectivity index (χ2v) is 7.62. The molecule has 3 aromatic carbocycles. The standard InChI is InChI=1S/C23H21ClN4S/c24-18-10-12-19(13-11-18)25-23(29)28(16-17-6-2-1-3-7-17)15-14-22-26-20-8-4-5-9-21(20)27-22/h1-13H,14-16H2,(H,25,29)(H,26,27). The maximum atomic E-state index is 5.99. The monoisotopic (exact) mass is 420 g/mol. The molecule has 4 aromatic rings. The fraction of sp³-hybridized carbons (Fsp3) is 0.130. The summed E-state index contributed by atoms with van der Waals surface area (Å²) in [5, 5.41) is 4.70. The molecule has 0 spiro atoms. The number of halogens is 1.